The Morgan fingerprint density at radius 1 is 0.871 bits per heavy atom. The fraction of sp³-hybridized carbons (Fsp3) is 0.280. The number of morpholine rings is 1. The van der Waals surface area contributed by atoms with E-state index in [4.69, 9.17) is 4.74 Å². The Balaban J connectivity index is 1.24. The molecule has 1 N–H and O–H groups in total. The van der Waals surface area contributed by atoms with Crippen molar-refractivity contribution in [3.63, 3.8) is 0 Å². The Bertz CT molecular complexity index is 1130. The van der Waals surface area contributed by atoms with Crippen LogP contribution in [0.3, 0.4) is 0 Å². The van der Waals surface area contributed by atoms with Crippen LogP contribution in [-0.4, -0.2) is 58.9 Å². The molecule has 0 aliphatic carbocycles. The van der Waals surface area contributed by atoms with E-state index in [9.17, 15) is 0 Å². The Morgan fingerprint density at radius 2 is 1.71 bits per heavy atom. The fourth-order valence-electron chi connectivity index (χ4n) is 4.02. The van der Waals surface area contributed by atoms with Crippen molar-refractivity contribution in [1.29, 1.82) is 0 Å². The third kappa shape index (κ3) is 4.66. The SMILES string of the molecule is c1cc(-c2ccc(CNCCN3CCOCC3)cc2)cc(-c2ccnc3ccnn23)c1. The summed E-state index contributed by atoms with van der Waals surface area (Å²) in [5, 5.41) is 7.97. The van der Waals surface area contributed by atoms with Crippen LogP contribution in [0.25, 0.3) is 28.0 Å². The number of nitrogens with zero attached hydrogens (tertiary/aromatic N) is 4. The molecule has 0 radical (unpaired) electrons. The maximum absolute atomic E-state index is 5.40. The van der Waals surface area contributed by atoms with Crippen LogP contribution < -0.4 is 5.32 Å². The lowest BCUT2D eigenvalue weighted by Crippen LogP contribution is -2.40. The van der Waals surface area contributed by atoms with Gasteiger partial charge in [0, 0.05) is 50.6 Å². The van der Waals surface area contributed by atoms with E-state index in [1.165, 1.54) is 16.7 Å². The smallest absolute Gasteiger partial charge is 0.155 e. The summed E-state index contributed by atoms with van der Waals surface area (Å²) in [6.45, 7) is 6.76. The van der Waals surface area contributed by atoms with E-state index < -0.39 is 0 Å². The zero-order valence-electron chi connectivity index (χ0n) is 17.6. The van der Waals surface area contributed by atoms with Gasteiger partial charge in [-0.25, -0.2) is 9.50 Å². The highest BCUT2D eigenvalue weighted by atomic mass is 16.5. The highest BCUT2D eigenvalue weighted by molar-refractivity contribution is 5.72. The number of fused-ring (bicyclic) bond motifs is 1. The summed E-state index contributed by atoms with van der Waals surface area (Å²) in [5.41, 5.74) is 6.73. The summed E-state index contributed by atoms with van der Waals surface area (Å²) in [4.78, 5) is 6.81. The van der Waals surface area contributed by atoms with Gasteiger partial charge in [0.05, 0.1) is 25.1 Å². The number of nitrogens with one attached hydrogen (secondary N) is 1. The molecule has 2 aromatic carbocycles. The number of hydrogen-bond donors (Lipinski definition) is 1. The molecule has 158 valence electrons. The first-order chi connectivity index (χ1) is 15.4. The molecule has 1 saturated heterocycles. The summed E-state index contributed by atoms with van der Waals surface area (Å²) in [7, 11) is 0. The van der Waals surface area contributed by atoms with Gasteiger partial charge in [-0.1, -0.05) is 42.5 Å². The van der Waals surface area contributed by atoms with Crippen molar-refractivity contribution in [1.82, 2.24) is 24.8 Å². The Labute approximate surface area is 182 Å². The van der Waals surface area contributed by atoms with Crippen LogP contribution in [0.15, 0.2) is 73.1 Å². The van der Waals surface area contributed by atoms with Gasteiger partial charge in [-0.3, -0.25) is 4.90 Å². The fourth-order valence-corrected chi connectivity index (χ4v) is 4.02. The molecule has 0 saturated carbocycles. The topological polar surface area (TPSA) is 54.7 Å². The van der Waals surface area contributed by atoms with E-state index >= 15 is 0 Å². The van der Waals surface area contributed by atoms with Crippen molar-refractivity contribution in [3.8, 4) is 22.4 Å². The summed E-state index contributed by atoms with van der Waals surface area (Å²) in [6.07, 6.45) is 3.61. The van der Waals surface area contributed by atoms with E-state index in [2.05, 4.69) is 68.8 Å². The van der Waals surface area contributed by atoms with Crippen LogP contribution in [0.2, 0.25) is 0 Å². The third-order valence-electron chi connectivity index (χ3n) is 5.77. The van der Waals surface area contributed by atoms with E-state index in [1.807, 2.05) is 22.8 Å². The van der Waals surface area contributed by atoms with E-state index in [0.717, 1.165) is 62.8 Å². The van der Waals surface area contributed by atoms with Gasteiger partial charge < -0.3 is 10.1 Å². The second-order valence-corrected chi connectivity index (χ2v) is 7.84. The van der Waals surface area contributed by atoms with Crippen molar-refractivity contribution < 1.29 is 4.74 Å². The van der Waals surface area contributed by atoms with Gasteiger partial charge in [0.15, 0.2) is 5.65 Å². The summed E-state index contributed by atoms with van der Waals surface area (Å²) >= 11 is 0. The average molecular weight is 414 g/mol. The molecule has 1 aliphatic rings. The summed E-state index contributed by atoms with van der Waals surface area (Å²) < 4.78 is 7.28. The number of hydrogen-bond acceptors (Lipinski definition) is 5. The Morgan fingerprint density at radius 3 is 2.58 bits per heavy atom. The van der Waals surface area contributed by atoms with Gasteiger partial charge in [0.2, 0.25) is 0 Å². The predicted octanol–water partition coefficient (Wildman–Crippen LogP) is 3.49. The van der Waals surface area contributed by atoms with Crippen LogP contribution >= 0.6 is 0 Å². The third-order valence-corrected chi connectivity index (χ3v) is 5.77. The molecule has 0 spiro atoms. The lowest BCUT2D eigenvalue weighted by atomic mass is 10.0. The molecule has 0 unspecified atom stereocenters. The van der Waals surface area contributed by atoms with Crippen LogP contribution in [0.4, 0.5) is 0 Å². The monoisotopic (exact) mass is 413 g/mol. The number of benzene rings is 2. The highest BCUT2D eigenvalue weighted by Gasteiger charge is 2.09. The van der Waals surface area contributed by atoms with Gasteiger partial charge in [0.1, 0.15) is 0 Å². The van der Waals surface area contributed by atoms with Crippen LogP contribution in [0, 0.1) is 0 Å². The van der Waals surface area contributed by atoms with Gasteiger partial charge >= 0.3 is 0 Å². The lowest BCUT2D eigenvalue weighted by Gasteiger charge is -2.26. The first-order valence-electron chi connectivity index (χ1n) is 10.9. The maximum Gasteiger partial charge on any atom is 0.155 e. The van der Waals surface area contributed by atoms with Crippen LogP contribution in [-0.2, 0) is 11.3 Å². The Hall–Kier alpha value is -3.06. The molecule has 31 heavy (non-hydrogen) atoms. The van der Waals surface area contributed by atoms with Crippen molar-refractivity contribution in [2.45, 2.75) is 6.54 Å². The minimum Gasteiger partial charge on any atom is -0.379 e. The second kappa shape index (κ2) is 9.39. The number of rotatable bonds is 7. The first-order valence-corrected chi connectivity index (χ1v) is 10.9. The molecule has 6 heteroatoms. The molecule has 5 rings (SSSR count). The highest BCUT2D eigenvalue weighted by Crippen LogP contribution is 2.26. The van der Waals surface area contributed by atoms with Crippen molar-refractivity contribution in [2.24, 2.45) is 0 Å². The molecular formula is C25H27N5O. The standard InChI is InChI=1S/C25H27N5O/c1-2-22(18-23(3-1)24-8-10-27-25-9-11-28-30(24)25)21-6-4-20(5-7-21)19-26-12-13-29-14-16-31-17-15-29/h1-11,18,26H,12-17,19H2. The molecule has 6 nitrogen and oxygen atoms in total. The van der Waals surface area contributed by atoms with E-state index in [0.29, 0.717) is 0 Å². The molecular weight excluding hydrogens is 386 g/mol. The summed E-state index contributed by atoms with van der Waals surface area (Å²) in [6, 6.07) is 21.3. The van der Waals surface area contributed by atoms with Crippen LogP contribution in [0.5, 0.6) is 0 Å². The predicted molar refractivity (Wildman–Crippen MR) is 123 cm³/mol. The molecule has 0 atom stereocenters. The normalized spacial score (nSPS) is 14.8. The maximum atomic E-state index is 5.40. The van der Waals surface area contributed by atoms with Gasteiger partial charge in [-0.05, 0) is 28.8 Å². The largest absolute Gasteiger partial charge is 0.379 e. The van der Waals surface area contributed by atoms with E-state index in [1.54, 1.807) is 6.20 Å². The Kier molecular flexibility index (Phi) is 6.02. The molecule has 3 heterocycles. The van der Waals surface area contributed by atoms with E-state index in [-0.39, 0.29) is 0 Å². The van der Waals surface area contributed by atoms with Crippen molar-refractivity contribution in [2.75, 3.05) is 39.4 Å². The van der Waals surface area contributed by atoms with Gasteiger partial charge in [0.25, 0.3) is 0 Å². The molecule has 1 aliphatic heterocycles. The quantitative estimate of drug-likeness (QED) is 0.470. The van der Waals surface area contributed by atoms with Crippen molar-refractivity contribution in [3.05, 3.63) is 78.6 Å². The molecule has 4 aromatic rings. The van der Waals surface area contributed by atoms with Crippen LogP contribution in [0.1, 0.15) is 5.56 Å². The number of ether oxygens (including phenoxy) is 1. The minimum absolute atomic E-state index is 0.855. The lowest BCUT2D eigenvalue weighted by molar-refractivity contribution is 0.0384. The van der Waals surface area contributed by atoms with Gasteiger partial charge in [-0.15, -0.1) is 0 Å². The first kappa shape index (κ1) is 19.9. The second-order valence-electron chi connectivity index (χ2n) is 7.84. The molecule has 2 aromatic heterocycles. The zero-order chi connectivity index (χ0) is 20.9. The molecule has 1 fully saturated rings. The minimum atomic E-state index is 0.855. The molecule has 0 amide bonds. The molecule has 0 bridgehead atoms. The average Bonchev–Trinajstić information content (AvgIpc) is 3.32. The van der Waals surface area contributed by atoms with Gasteiger partial charge in [-0.2, -0.15) is 5.10 Å². The summed E-state index contributed by atoms with van der Waals surface area (Å²) in [5.74, 6) is 0. The zero-order valence-corrected chi connectivity index (χ0v) is 17.6. The number of aromatic nitrogens is 3. The van der Waals surface area contributed by atoms with Crippen molar-refractivity contribution >= 4 is 5.65 Å².